The van der Waals surface area contributed by atoms with Crippen molar-refractivity contribution in [2.45, 2.75) is 63.7 Å². The van der Waals surface area contributed by atoms with Gasteiger partial charge in [-0.2, -0.15) is 39.5 Å². The van der Waals surface area contributed by atoms with Gasteiger partial charge in [0.05, 0.1) is 5.60 Å². The molecule has 0 aliphatic carbocycles. The molecule has 0 heterocycles. The van der Waals surface area contributed by atoms with Gasteiger partial charge in [0, 0.05) is 12.2 Å². The molecule has 1 aromatic carbocycles. The smallest absolute Gasteiger partial charge is 0.442 e. The Hall–Kier alpha value is -2.48. The molecule has 1 N–H and O–H groups in total. The normalized spacial score (nSPS) is 14.5. The van der Waals surface area contributed by atoms with Gasteiger partial charge < -0.3 is 19.3 Å². The summed E-state index contributed by atoms with van der Waals surface area (Å²) in [5.41, 5.74) is -12.6. The Balaban J connectivity index is 3.94. The molecule has 0 spiro atoms. The third kappa shape index (κ3) is 6.34. The lowest BCUT2D eigenvalue weighted by atomic mass is 9.87. The van der Waals surface area contributed by atoms with Crippen molar-refractivity contribution in [1.82, 2.24) is 0 Å². The van der Waals surface area contributed by atoms with E-state index < -0.39 is 64.4 Å². The lowest BCUT2D eigenvalue weighted by Gasteiger charge is -2.38. The lowest BCUT2D eigenvalue weighted by molar-refractivity contribution is -0.377. The highest BCUT2D eigenvalue weighted by Gasteiger charge is 2.76. The first-order valence-electron chi connectivity index (χ1n) is 9.37. The van der Waals surface area contributed by atoms with Gasteiger partial charge >= 0.3 is 30.1 Å². The van der Waals surface area contributed by atoms with E-state index in [-0.39, 0.29) is 18.7 Å². The standard InChI is InChI=1S/C20H21F9O5/c1-6-32-11(3)33-14-8-12(16(4,5)31)7-13(9-14)17(19(24,25)26,20(27,28)29)34-15(30)10(2)18(21,22)23/h7-9,11,31H,2,6H2,1,3-5H3. The van der Waals surface area contributed by atoms with E-state index in [1.54, 1.807) is 0 Å². The molecule has 0 saturated heterocycles. The average molecular weight is 512 g/mol. The molecule has 0 aliphatic rings. The van der Waals surface area contributed by atoms with E-state index in [9.17, 15) is 49.4 Å². The number of halogens is 9. The van der Waals surface area contributed by atoms with Gasteiger partial charge in [0.2, 0.25) is 0 Å². The second kappa shape index (κ2) is 9.64. The topological polar surface area (TPSA) is 65.0 Å². The number of hydrogen-bond acceptors (Lipinski definition) is 5. The van der Waals surface area contributed by atoms with E-state index in [4.69, 9.17) is 9.47 Å². The fraction of sp³-hybridized carbons (Fsp3) is 0.550. The van der Waals surface area contributed by atoms with Crippen LogP contribution in [0.5, 0.6) is 5.75 Å². The number of aliphatic hydroxyl groups is 1. The van der Waals surface area contributed by atoms with Gasteiger partial charge in [-0.1, -0.05) is 6.58 Å². The van der Waals surface area contributed by atoms with E-state index in [2.05, 4.69) is 11.3 Å². The lowest BCUT2D eigenvalue weighted by Crippen LogP contribution is -2.57. The SMILES string of the molecule is C=C(C(=O)OC(c1cc(OC(C)OCC)cc(C(C)(C)O)c1)(C(F)(F)F)C(F)(F)F)C(F)(F)F. The zero-order chi connectivity index (χ0) is 26.9. The number of carbonyl (C=O) groups excluding carboxylic acids is 1. The summed E-state index contributed by atoms with van der Waals surface area (Å²) in [5.74, 6) is -3.68. The van der Waals surface area contributed by atoms with Crippen LogP contribution in [0.1, 0.15) is 38.8 Å². The predicted molar refractivity (Wildman–Crippen MR) is 98.5 cm³/mol. The first-order chi connectivity index (χ1) is 15.1. The molecule has 1 rings (SSSR count). The number of benzene rings is 1. The van der Waals surface area contributed by atoms with E-state index in [0.29, 0.717) is 0 Å². The predicted octanol–water partition coefficient (Wildman–Crippen LogP) is 5.66. The molecule has 1 aromatic rings. The summed E-state index contributed by atoms with van der Waals surface area (Å²) >= 11 is 0. The van der Waals surface area contributed by atoms with Crippen LogP contribution in [-0.2, 0) is 25.5 Å². The quantitative estimate of drug-likeness (QED) is 0.211. The van der Waals surface area contributed by atoms with Crippen LogP contribution < -0.4 is 4.74 Å². The molecule has 0 fully saturated rings. The summed E-state index contributed by atoms with van der Waals surface area (Å²) in [5, 5.41) is 10.2. The van der Waals surface area contributed by atoms with Crippen molar-refractivity contribution < 1.29 is 63.6 Å². The Bertz CT molecular complexity index is 882. The second-order valence-electron chi connectivity index (χ2n) is 7.49. The number of esters is 1. The van der Waals surface area contributed by atoms with E-state index in [0.717, 1.165) is 19.9 Å². The average Bonchev–Trinajstić information content (AvgIpc) is 2.61. The third-order valence-electron chi connectivity index (χ3n) is 4.36. The first kappa shape index (κ1) is 29.6. The van der Waals surface area contributed by atoms with Gasteiger partial charge in [0.15, 0.2) is 6.29 Å². The number of rotatable bonds is 8. The Morgan fingerprint density at radius 3 is 1.82 bits per heavy atom. The minimum atomic E-state index is -6.51. The molecular weight excluding hydrogens is 491 g/mol. The Morgan fingerprint density at radius 1 is 0.971 bits per heavy atom. The van der Waals surface area contributed by atoms with Crippen LogP contribution in [0.3, 0.4) is 0 Å². The van der Waals surface area contributed by atoms with Crippen molar-refractivity contribution >= 4 is 5.97 Å². The van der Waals surface area contributed by atoms with Crippen LogP contribution in [0.4, 0.5) is 39.5 Å². The molecular formula is C20H21F9O5. The molecule has 0 saturated carbocycles. The number of carbonyl (C=O) groups is 1. The molecule has 0 radical (unpaired) electrons. The van der Waals surface area contributed by atoms with Crippen molar-refractivity contribution in [2.24, 2.45) is 0 Å². The van der Waals surface area contributed by atoms with Crippen molar-refractivity contribution in [3.05, 3.63) is 41.5 Å². The van der Waals surface area contributed by atoms with Gasteiger partial charge in [0.1, 0.15) is 11.3 Å². The summed E-state index contributed by atoms with van der Waals surface area (Å²) in [4.78, 5) is 11.8. The molecule has 34 heavy (non-hydrogen) atoms. The monoisotopic (exact) mass is 512 g/mol. The fourth-order valence-electron chi connectivity index (χ4n) is 2.66. The van der Waals surface area contributed by atoms with Gasteiger partial charge in [-0.25, -0.2) is 4.79 Å². The summed E-state index contributed by atoms with van der Waals surface area (Å²) in [6, 6.07) is 1.27. The number of ether oxygens (including phenoxy) is 3. The fourth-order valence-corrected chi connectivity index (χ4v) is 2.66. The van der Waals surface area contributed by atoms with Crippen LogP contribution in [0.2, 0.25) is 0 Å². The first-order valence-corrected chi connectivity index (χ1v) is 9.37. The molecule has 5 nitrogen and oxygen atoms in total. The summed E-state index contributed by atoms with van der Waals surface area (Å²) in [7, 11) is 0. The molecule has 0 amide bonds. The Morgan fingerprint density at radius 2 is 1.44 bits per heavy atom. The van der Waals surface area contributed by atoms with Crippen molar-refractivity contribution in [1.29, 1.82) is 0 Å². The summed E-state index contributed by atoms with van der Waals surface area (Å²) in [6.45, 7) is 7.04. The van der Waals surface area contributed by atoms with Crippen LogP contribution in [0, 0.1) is 0 Å². The molecule has 14 heteroatoms. The van der Waals surface area contributed by atoms with Gasteiger partial charge in [-0.15, -0.1) is 0 Å². The maximum absolute atomic E-state index is 14.0. The van der Waals surface area contributed by atoms with Crippen LogP contribution >= 0.6 is 0 Å². The van der Waals surface area contributed by atoms with Crippen molar-refractivity contribution in [3.8, 4) is 5.75 Å². The van der Waals surface area contributed by atoms with Crippen molar-refractivity contribution in [2.75, 3.05) is 6.61 Å². The zero-order valence-electron chi connectivity index (χ0n) is 18.2. The molecule has 194 valence electrons. The number of alkyl halides is 9. The molecule has 0 bridgehead atoms. The van der Waals surface area contributed by atoms with Crippen LogP contribution in [-0.4, -0.2) is 42.5 Å². The maximum Gasteiger partial charge on any atom is 0.442 e. The highest BCUT2D eigenvalue weighted by Crippen LogP contribution is 2.54. The molecule has 0 aliphatic heterocycles. The van der Waals surface area contributed by atoms with Gasteiger partial charge in [0.25, 0.3) is 0 Å². The maximum atomic E-state index is 14.0. The van der Waals surface area contributed by atoms with E-state index in [1.807, 2.05) is 0 Å². The highest BCUT2D eigenvalue weighted by molar-refractivity contribution is 5.89. The van der Waals surface area contributed by atoms with E-state index >= 15 is 0 Å². The summed E-state index contributed by atoms with van der Waals surface area (Å²) in [6.07, 6.45) is -19.9. The molecule has 0 aromatic heterocycles. The molecule has 1 atom stereocenters. The van der Waals surface area contributed by atoms with Crippen molar-refractivity contribution in [3.63, 3.8) is 0 Å². The second-order valence-corrected chi connectivity index (χ2v) is 7.49. The molecule has 1 unspecified atom stereocenters. The third-order valence-corrected chi connectivity index (χ3v) is 4.36. The Labute approximate surface area is 188 Å². The van der Waals surface area contributed by atoms with Crippen LogP contribution in [0.25, 0.3) is 0 Å². The van der Waals surface area contributed by atoms with E-state index in [1.165, 1.54) is 13.8 Å². The minimum Gasteiger partial charge on any atom is -0.465 e. The largest absolute Gasteiger partial charge is 0.465 e. The van der Waals surface area contributed by atoms with Gasteiger partial charge in [-0.05, 0) is 51.5 Å². The van der Waals surface area contributed by atoms with Crippen LogP contribution in [0.15, 0.2) is 30.4 Å². The number of hydrogen-bond donors (Lipinski definition) is 1. The minimum absolute atomic E-state index is 0.0470. The zero-order valence-corrected chi connectivity index (χ0v) is 18.2. The highest BCUT2D eigenvalue weighted by atomic mass is 19.4. The van der Waals surface area contributed by atoms with Gasteiger partial charge in [-0.3, -0.25) is 0 Å². The Kier molecular flexibility index (Phi) is 8.38. The summed E-state index contributed by atoms with van der Waals surface area (Å²) < 4.78 is 136.